The normalized spacial score (nSPS) is 16.5. The highest BCUT2D eigenvalue weighted by Gasteiger charge is 2.30. The van der Waals surface area contributed by atoms with Crippen molar-refractivity contribution in [3.63, 3.8) is 0 Å². The van der Waals surface area contributed by atoms with E-state index in [-0.39, 0.29) is 5.91 Å². The number of benzodiazepines with no additional fused rings is 1. The van der Waals surface area contributed by atoms with Gasteiger partial charge in [-0.05, 0) is 30.7 Å². The Labute approximate surface area is 158 Å². The molecule has 2 heterocycles. The minimum atomic E-state index is -0.961. The molecule has 5 heteroatoms. The van der Waals surface area contributed by atoms with E-state index in [1.165, 1.54) is 0 Å². The molecule has 0 unspecified atom stereocenters. The predicted octanol–water partition coefficient (Wildman–Crippen LogP) is 3.06. The highest BCUT2D eigenvalue weighted by Crippen LogP contribution is 2.28. The van der Waals surface area contributed by atoms with Gasteiger partial charge in [-0.3, -0.25) is 14.8 Å². The number of nitrogens with two attached hydrogens (primary N) is 1. The van der Waals surface area contributed by atoms with Gasteiger partial charge < -0.3 is 10.6 Å². The number of benzene rings is 2. The first-order valence-electron chi connectivity index (χ1n) is 8.84. The van der Waals surface area contributed by atoms with Crippen LogP contribution in [0.1, 0.15) is 22.4 Å². The number of aromatic nitrogens is 1. The van der Waals surface area contributed by atoms with Crippen molar-refractivity contribution in [2.75, 3.05) is 4.90 Å². The minimum absolute atomic E-state index is 0.239. The van der Waals surface area contributed by atoms with E-state index in [1.807, 2.05) is 73.7 Å². The number of aryl methyl sites for hydroxylation is 1. The van der Waals surface area contributed by atoms with Gasteiger partial charge in [0.2, 0.25) is 0 Å². The van der Waals surface area contributed by atoms with E-state index >= 15 is 0 Å². The molecule has 3 aromatic rings. The lowest BCUT2D eigenvalue weighted by Gasteiger charge is -2.24. The molecular formula is C22H20N4O. The summed E-state index contributed by atoms with van der Waals surface area (Å²) in [7, 11) is 0. The van der Waals surface area contributed by atoms with E-state index < -0.39 is 6.17 Å². The van der Waals surface area contributed by atoms with Crippen molar-refractivity contribution in [3.8, 4) is 0 Å². The Morgan fingerprint density at radius 1 is 1.04 bits per heavy atom. The number of carbonyl (C=O) groups is 1. The molecule has 1 amide bonds. The Morgan fingerprint density at radius 3 is 2.56 bits per heavy atom. The number of pyridine rings is 1. The Balaban J connectivity index is 1.83. The van der Waals surface area contributed by atoms with Gasteiger partial charge in [-0.2, -0.15) is 0 Å². The van der Waals surface area contributed by atoms with Gasteiger partial charge in [0.05, 0.1) is 23.6 Å². The van der Waals surface area contributed by atoms with Gasteiger partial charge in [-0.15, -0.1) is 0 Å². The number of fused-ring (bicyclic) bond motifs is 1. The molecule has 0 bridgehead atoms. The van der Waals surface area contributed by atoms with Crippen molar-refractivity contribution < 1.29 is 4.79 Å². The third-order valence-corrected chi connectivity index (χ3v) is 4.58. The summed E-state index contributed by atoms with van der Waals surface area (Å²) in [6.45, 7) is 2.36. The van der Waals surface area contributed by atoms with Crippen molar-refractivity contribution in [2.45, 2.75) is 19.6 Å². The Bertz CT molecular complexity index is 1010. The van der Waals surface area contributed by atoms with Crippen LogP contribution in [0.25, 0.3) is 0 Å². The molecule has 0 fully saturated rings. The van der Waals surface area contributed by atoms with E-state index in [0.717, 1.165) is 33.8 Å². The second-order valence-corrected chi connectivity index (χ2v) is 6.55. The topological polar surface area (TPSA) is 71.6 Å². The maximum Gasteiger partial charge on any atom is 0.266 e. The number of hydrogen-bond donors (Lipinski definition) is 1. The molecule has 1 aromatic heterocycles. The predicted molar refractivity (Wildman–Crippen MR) is 107 cm³/mol. The molecule has 0 aliphatic carbocycles. The number of anilines is 1. The van der Waals surface area contributed by atoms with E-state index in [0.29, 0.717) is 6.54 Å². The van der Waals surface area contributed by atoms with Gasteiger partial charge in [-0.25, -0.2) is 0 Å². The van der Waals surface area contributed by atoms with Crippen molar-refractivity contribution in [3.05, 3.63) is 95.3 Å². The molecule has 1 aliphatic rings. The van der Waals surface area contributed by atoms with Crippen LogP contribution < -0.4 is 10.6 Å². The minimum Gasteiger partial charge on any atom is -0.303 e. The molecule has 2 aromatic carbocycles. The average Bonchev–Trinajstić information content (AvgIpc) is 2.79. The molecule has 0 saturated carbocycles. The lowest BCUT2D eigenvalue weighted by Crippen LogP contribution is -2.42. The van der Waals surface area contributed by atoms with Crippen molar-refractivity contribution >= 4 is 17.3 Å². The van der Waals surface area contributed by atoms with Crippen LogP contribution in [-0.2, 0) is 11.3 Å². The fraction of sp³-hybridized carbons (Fsp3) is 0.136. The highest BCUT2D eigenvalue weighted by molar-refractivity contribution is 6.20. The van der Waals surface area contributed by atoms with Crippen LogP contribution in [0.2, 0.25) is 0 Å². The first kappa shape index (κ1) is 17.1. The zero-order chi connectivity index (χ0) is 18.8. The second-order valence-electron chi connectivity index (χ2n) is 6.55. The third kappa shape index (κ3) is 3.37. The SMILES string of the molecule is Cc1ccnc(CN2C(=O)[C@@H](N)N=C(c3ccccc3)c3ccccc32)c1. The molecule has 27 heavy (non-hydrogen) atoms. The fourth-order valence-electron chi connectivity index (χ4n) is 3.29. The van der Waals surface area contributed by atoms with Gasteiger partial charge in [0, 0.05) is 17.3 Å². The summed E-state index contributed by atoms with van der Waals surface area (Å²) in [5.41, 5.74) is 11.4. The molecule has 4 rings (SSSR count). The smallest absolute Gasteiger partial charge is 0.266 e. The molecule has 1 atom stereocenters. The zero-order valence-corrected chi connectivity index (χ0v) is 15.0. The van der Waals surface area contributed by atoms with Crippen LogP contribution in [0, 0.1) is 6.92 Å². The first-order chi connectivity index (χ1) is 13.1. The molecule has 1 aliphatic heterocycles. The molecule has 0 saturated heterocycles. The van der Waals surface area contributed by atoms with Crippen molar-refractivity contribution in [1.82, 2.24) is 4.98 Å². The number of para-hydroxylation sites is 1. The summed E-state index contributed by atoms with van der Waals surface area (Å²) >= 11 is 0. The van der Waals surface area contributed by atoms with Gasteiger partial charge in [0.1, 0.15) is 0 Å². The highest BCUT2D eigenvalue weighted by atomic mass is 16.2. The van der Waals surface area contributed by atoms with Gasteiger partial charge >= 0.3 is 0 Å². The molecule has 5 nitrogen and oxygen atoms in total. The van der Waals surface area contributed by atoms with Gasteiger partial charge in [0.25, 0.3) is 5.91 Å². The first-order valence-corrected chi connectivity index (χ1v) is 8.84. The van der Waals surface area contributed by atoms with E-state index in [2.05, 4.69) is 9.98 Å². The fourth-order valence-corrected chi connectivity index (χ4v) is 3.29. The lowest BCUT2D eigenvalue weighted by molar-refractivity contribution is -0.119. The molecule has 2 N–H and O–H groups in total. The summed E-state index contributed by atoms with van der Waals surface area (Å²) in [6.07, 6.45) is 0.794. The van der Waals surface area contributed by atoms with Crippen LogP contribution in [0.3, 0.4) is 0 Å². The van der Waals surface area contributed by atoms with Crippen LogP contribution in [0.15, 0.2) is 77.9 Å². The quantitative estimate of drug-likeness (QED) is 0.784. The van der Waals surface area contributed by atoms with Crippen LogP contribution >= 0.6 is 0 Å². The summed E-state index contributed by atoms with van der Waals surface area (Å²) in [5, 5.41) is 0. The van der Waals surface area contributed by atoms with Gasteiger partial charge in [0.15, 0.2) is 6.17 Å². The molecule has 0 spiro atoms. The summed E-state index contributed by atoms with van der Waals surface area (Å²) in [4.78, 5) is 23.7. The number of aliphatic imine (C=N–C) groups is 1. The largest absolute Gasteiger partial charge is 0.303 e. The molecular weight excluding hydrogens is 336 g/mol. The second kappa shape index (κ2) is 7.13. The third-order valence-electron chi connectivity index (χ3n) is 4.58. The maximum absolute atomic E-state index is 13.0. The number of rotatable bonds is 3. The molecule has 0 radical (unpaired) electrons. The summed E-state index contributed by atoms with van der Waals surface area (Å²) in [6, 6.07) is 21.5. The lowest BCUT2D eigenvalue weighted by atomic mass is 10.00. The molecule has 134 valence electrons. The average molecular weight is 356 g/mol. The zero-order valence-electron chi connectivity index (χ0n) is 15.0. The summed E-state index contributed by atoms with van der Waals surface area (Å²) in [5.74, 6) is -0.239. The monoisotopic (exact) mass is 356 g/mol. The van der Waals surface area contributed by atoms with E-state index in [1.54, 1.807) is 11.1 Å². The Kier molecular flexibility index (Phi) is 4.52. The number of carbonyl (C=O) groups excluding carboxylic acids is 1. The Hall–Kier alpha value is -3.31. The van der Waals surface area contributed by atoms with Crippen LogP contribution in [0.5, 0.6) is 0 Å². The summed E-state index contributed by atoms with van der Waals surface area (Å²) < 4.78 is 0. The van der Waals surface area contributed by atoms with Crippen LogP contribution in [0.4, 0.5) is 5.69 Å². The number of nitrogens with zero attached hydrogens (tertiary/aromatic N) is 3. The van der Waals surface area contributed by atoms with E-state index in [9.17, 15) is 4.79 Å². The standard InChI is InChI=1S/C22H20N4O/c1-15-11-12-24-17(13-15)14-26-19-10-6-5-9-18(19)20(25-21(23)22(26)27)16-7-3-2-4-8-16/h2-13,21H,14,23H2,1H3/t21-/m0/s1. The van der Waals surface area contributed by atoms with Gasteiger partial charge in [-0.1, -0.05) is 48.5 Å². The Morgan fingerprint density at radius 2 is 1.78 bits per heavy atom. The number of amides is 1. The van der Waals surface area contributed by atoms with Crippen molar-refractivity contribution in [2.24, 2.45) is 10.7 Å². The number of hydrogen-bond acceptors (Lipinski definition) is 4. The van der Waals surface area contributed by atoms with Crippen LogP contribution in [-0.4, -0.2) is 22.8 Å². The van der Waals surface area contributed by atoms with Crippen molar-refractivity contribution in [1.29, 1.82) is 0 Å². The maximum atomic E-state index is 13.0. The van der Waals surface area contributed by atoms with E-state index in [4.69, 9.17) is 5.73 Å².